The number of hydrogen-bond donors (Lipinski definition) is 0. The number of rotatable bonds is 2. The maximum absolute atomic E-state index is 10.7. The van der Waals surface area contributed by atoms with Gasteiger partial charge in [-0.15, -0.1) is 0 Å². The van der Waals surface area contributed by atoms with Crippen LogP contribution in [-0.4, -0.2) is 36.6 Å². The molecule has 0 aromatic heterocycles. The van der Waals surface area contributed by atoms with Crippen LogP contribution in [0.15, 0.2) is 35.6 Å². The Morgan fingerprint density at radius 2 is 1.83 bits per heavy atom. The summed E-state index contributed by atoms with van der Waals surface area (Å²) in [6.07, 6.45) is 7.94. The van der Waals surface area contributed by atoms with Gasteiger partial charge < -0.3 is 14.9 Å². The smallest absolute Gasteiger partial charge is 0.200 e. The molecule has 0 spiro atoms. The summed E-state index contributed by atoms with van der Waals surface area (Å²) in [5, 5.41) is 10.7. The monoisotopic (exact) mass is 249 g/mol. The molecule has 98 valence electrons. The first-order valence-corrected chi connectivity index (χ1v) is 6.32. The molecule has 1 saturated heterocycles. The van der Waals surface area contributed by atoms with Gasteiger partial charge in [-0.3, -0.25) is 0 Å². The summed E-state index contributed by atoms with van der Waals surface area (Å²) in [5.74, 6) is 0.584. The van der Waals surface area contributed by atoms with Crippen molar-refractivity contribution in [2.75, 3.05) is 26.3 Å². The van der Waals surface area contributed by atoms with E-state index in [0.29, 0.717) is 5.76 Å². The Kier molecular flexibility index (Phi) is 4.33. The van der Waals surface area contributed by atoms with Crippen molar-refractivity contribution >= 4 is 5.71 Å². The van der Waals surface area contributed by atoms with Crippen LogP contribution in [0.5, 0.6) is 0 Å². The van der Waals surface area contributed by atoms with Gasteiger partial charge in [0.05, 0.1) is 5.76 Å². The van der Waals surface area contributed by atoms with Crippen molar-refractivity contribution in [1.82, 2.24) is 0 Å². The second kappa shape index (κ2) is 5.98. The quantitative estimate of drug-likeness (QED) is 0.315. The summed E-state index contributed by atoms with van der Waals surface area (Å²) in [6.45, 7) is 7.27. The number of nitrogens with zero attached hydrogens (tertiary/aromatic N) is 1. The van der Waals surface area contributed by atoms with Crippen molar-refractivity contribution < 1.29 is 19.5 Å². The fourth-order valence-electron chi connectivity index (χ4n) is 2.14. The second-order valence-corrected chi connectivity index (χ2v) is 4.75. The van der Waals surface area contributed by atoms with Gasteiger partial charge in [0, 0.05) is 23.6 Å². The number of allylic oxidation sites excluding steroid dienone is 6. The summed E-state index contributed by atoms with van der Waals surface area (Å²) in [4.78, 5) is 4.22. The van der Waals surface area contributed by atoms with Crippen LogP contribution in [0.1, 0.15) is 13.8 Å². The van der Waals surface area contributed by atoms with E-state index in [9.17, 15) is 5.26 Å². The van der Waals surface area contributed by atoms with Gasteiger partial charge in [-0.25, -0.2) is 4.58 Å². The lowest BCUT2D eigenvalue weighted by Crippen LogP contribution is -2.32. The molecule has 0 atom stereocenters. The molecule has 0 aromatic carbocycles. The van der Waals surface area contributed by atoms with Crippen LogP contribution < -0.4 is 5.26 Å². The maximum Gasteiger partial charge on any atom is 0.200 e. The highest BCUT2D eigenvalue weighted by molar-refractivity contribution is 6.02. The zero-order valence-corrected chi connectivity index (χ0v) is 10.9. The number of hydrogen-bond acceptors (Lipinski definition) is 3. The van der Waals surface area contributed by atoms with Crippen LogP contribution in [0.25, 0.3) is 0 Å². The van der Waals surface area contributed by atoms with E-state index in [4.69, 9.17) is 4.74 Å². The molecule has 2 rings (SSSR count). The van der Waals surface area contributed by atoms with E-state index in [-0.39, 0.29) is 5.92 Å². The second-order valence-electron chi connectivity index (χ2n) is 4.75. The standard InChI is InChI=1S/C14H19NO3/c1-11(2)14(18-16)12-3-5-13(6-4-12)15-7-9-17-10-8-15/h3-6,11H,7-10H2,1-2H3. The molecule has 0 N–H and O–H groups in total. The highest BCUT2D eigenvalue weighted by Gasteiger charge is 2.17. The summed E-state index contributed by atoms with van der Waals surface area (Å²) >= 11 is 0. The molecule has 0 radical (unpaired) electrons. The van der Waals surface area contributed by atoms with Gasteiger partial charge in [-0.05, 0) is 12.2 Å². The molecule has 4 nitrogen and oxygen atoms in total. The maximum atomic E-state index is 10.7. The van der Waals surface area contributed by atoms with Gasteiger partial charge in [0.25, 0.3) is 0 Å². The van der Waals surface area contributed by atoms with E-state index in [2.05, 4.69) is 9.46 Å². The molecule has 0 bridgehead atoms. The minimum Gasteiger partial charge on any atom is -0.664 e. The van der Waals surface area contributed by atoms with E-state index in [1.165, 1.54) is 0 Å². The third-order valence-electron chi connectivity index (χ3n) is 3.14. The van der Waals surface area contributed by atoms with Crippen LogP contribution in [0.3, 0.4) is 0 Å². The Hall–Kier alpha value is -1.39. The summed E-state index contributed by atoms with van der Waals surface area (Å²) in [6, 6.07) is 0. The molecular formula is C14H19NO3. The molecule has 1 aliphatic heterocycles. The van der Waals surface area contributed by atoms with Crippen LogP contribution in [0.4, 0.5) is 0 Å². The molecule has 2 aliphatic rings. The molecule has 1 aliphatic carbocycles. The zero-order valence-electron chi connectivity index (χ0n) is 10.9. The molecule has 4 heteroatoms. The Balaban J connectivity index is 2.20. The Bertz CT molecular complexity index is 404. The summed E-state index contributed by atoms with van der Waals surface area (Å²) in [7, 11) is 0. The SMILES string of the molecule is CC(C)C(O[O-])=C1C=CC(=[N+]2CCOCC2)C=C1. The van der Waals surface area contributed by atoms with Crippen LogP contribution in [-0.2, 0) is 9.62 Å². The Morgan fingerprint density at radius 3 is 2.33 bits per heavy atom. The van der Waals surface area contributed by atoms with Crippen molar-refractivity contribution in [3.8, 4) is 0 Å². The highest BCUT2D eigenvalue weighted by Crippen LogP contribution is 2.19. The van der Waals surface area contributed by atoms with Gasteiger partial charge >= 0.3 is 0 Å². The van der Waals surface area contributed by atoms with Crippen molar-refractivity contribution in [3.05, 3.63) is 35.6 Å². The lowest BCUT2D eigenvalue weighted by molar-refractivity contribution is -0.673. The fourth-order valence-corrected chi connectivity index (χ4v) is 2.14. The van der Waals surface area contributed by atoms with Crippen LogP contribution in [0.2, 0.25) is 0 Å². The van der Waals surface area contributed by atoms with Crippen molar-refractivity contribution in [3.63, 3.8) is 0 Å². The minimum absolute atomic E-state index is 0.0942. The zero-order chi connectivity index (χ0) is 13.0. The van der Waals surface area contributed by atoms with Gasteiger partial charge in [-0.1, -0.05) is 13.8 Å². The third-order valence-corrected chi connectivity index (χ3v) is 3.14. The predicted molar refractivity (Wildman–Crippen MR) is 67.0 cm³/mol. The van der Waals surface area contributed by atoms with E-state index in [1.807, 2.05) is 38.2 Å². The van der Waals surface area contributed by atoms with Crippen molar-refractivity contribution in [2.24, 2.45) is 5.92 Å². The first kappa shape index (κ1) is 13.1. The van der Waals surface area contributed by atoms with Gasteiger partial charge in [0.2, 0.25) is 0 Å². The minimum atomic E-state index is 0.0942. The first-order valence-electron chi connectivity index (χ1n) is 6.32. The van der Waals surface area contributed by atoms with Gasteiger partial charge in [-0.2, -0.15) is 0 Å². The third kappa shape index (κ3) is 2.89. The van der Waals surface area contributed by atoms with E-state index in [1.54, 1.807) is 0 Å². The number of morpholine rings is 1. The van der Waals surface area contributed by atoms with Crippen LogP contribution in [0, 0.1) is 5.92 Å². The van der Waals surface area contributed by atoms with Crippen LogP contribution >= 0.6 is 0 Å². The average Bonchev–Trinajstić information content (AvgIpc) is 2.41. The largest absolute Gasteiger partial charge is 0.664 e. The molecule has 1 fully saturated rings. The molecular weight excluding hydrogens is 230 g/mol. The number of ether oxygens (including phenoxy) is 1. The van der Waals surface area contributed by atoms with E-state index in [0.717, 1.165) is 37.6 Å². The first-order chi connectivity index (χ1) is 8.72. The molecule has 0 unspecified atom stereocenters. The summed E-state index contributed by atoms with van der Waals surface area (Å²) in [5.41, 5.74) is 2.02. The molecule has 18 heavy (non-hydrogen) atoms. The lowest BCUT2D eigenvalue weighted by Gasteiger charge is -2.20. The highest BCUT2D eigenvalue weighted by atomic mass is 17.1. The van der Waals surface area contributed by atoms with Crippen molar-refractivity contribution in [1.29, 1.82) is 0 Å². The Morgan fingerprint density at radius 1 is 1.22 bits per heavy atom. The molecule has 0 amide bonds. The molecule has 0 aromatic rings. The van der Waals surface area contributed by atoms with E-state index < -0.39 is 0 Å². The average molecular weight is 249 g/mol. The fraction of sp³-hybridized carbons (Fsp3) is 0.500. The van der Waals surface area contributed by atoms with Crippen molar-refractivity contribution in [2.45, 2.75) is 13.8 Å². The Labute approximate surface area is 107 Å². The topological polar surface area (TPSA) is 44.5 Å². The lowest BCUT2D eigenvalue weighted by atomic mass is 10.0. The van der Waals surface area contributed by atoms with Gasteiger partial charge in [0.15, 0.2) is 18.8 Å². The van der Waals surface area contributed by atoms with E-state index >= 15 is 0 Å². The van der Waals surface area contributed by atoms with Gasteiger partial charge in [0.1, 0.15) is 13.2 Å². The molecule has 1 heterocycles. The summed E-state index contributed by atoms with van der Waals surface area (Å²) < 4.78 is 7.60. The predicted octanol–water partition coefficient (Wildman–Crippen LogP) is 0.798. The molecule has 0 saturated carbocycles. The normalized spacial score (nSPS) is 19.7.